The van der Waals surface area contributed by atoms with Crippen LogP contribution in [0.15, 0.2) is 24.3 Å². The van der Waals surface area contributed by atoms with Crippen molar-refractivity contribution >= 4 is 5.91 Å². The predicted molar refractivity (Wildman–Crippen MR) is 73.6 cm³/mol. The molecule has 0 aromatic heterocycles. The van der Waals surface area contributed by atoms with E-state index < -0.39 is 0 Å². The summed E-state index contributed by atoms with van der Waals surface area (Å²) in [6, 6.07) is 6.31. The Labute approximate surface area is 114 Å². The van der Waals surface area contributed by atoms with E-state index >= 15 is 0 Å². The van der Waals surface area contributed by atoms with Gasteiger partial charge in [0, 0.05) is 26.7 Å². The lowest BCUT2D eigenvalue weighted by atomic mass is 9.97. The Kier molecular flexibility index (Phi) is 7.11. The molecule has 1 amide bonds. The molecular weight excluding hydrogens is 245 g/mol. The molecular formula is C15H22FNO2. The molecule has 0 aliphatic carbocycles. The molecule has 4 heteroatoms. The number of unbranched alkanes of at least 4 members (excludes halogenated alkanes) is 1. The zero-order valence-corrected chi connectivity index (χ0v) is 11.6. The molecule has 0 aliphatic heterocycles. The van der Waals surface area contributed by atoms with Crippen LogP contribution < -0.4 is 5.32 Å². The van der Waals surface area contributed by atoms with Crippen LogP contribution in [0.25, 0.3) is 0 Å². The maximum atomic E-state index is 12.8. The molecule has 19 heavy (non-hydrogen) atoms. The zero-order chi connectivity index (χ0) is 14.1. The normalized spacial score (nSPS) is 12.2. The lowest BCUT2D eigenvalue weighted by Gasteiger charge is -2.12. The summed E-state index contributed by atoms with van der Waals surface area (Å²) in [7, 11) is 1.67. The second kappa shape index (κ2) is 8.64. The summed E-state index contributed by atoms with van der Waals surface area (Å²) >= 11 is 0. The molecule has 0 bridgehead atoms. The minimum absolute atomic E-state index is 0.0363. The van der Waals surface area contributed by atoms with E-state index in [9.17, 15) is 9.18 Å². The average Bonchev–Trinajstić information content (AvgIpc) is 2.39. The van der Waals surface area contributed by atoms with Gasteiger partial charge in [-0.05, 0) is 36.5 Å². The maximum absolute atomic E-state index is 12.8. The topological polar surface area (TPSA) is 38.3 Å². The van der Waals surface area contributed by atoms with Crippen LogP contribution in [0.4, 0.5) is 4.39 Å². The van der Waals surface area contributed by atoms with E-state index in [4.69, 9.17) is 4.74 Å². The summed E-state index contributed by atoms with van der Waals surface area (Å²) in [5.74, 6) is -0.118. The monoisotopic (exact) mass is 267 g/mol. The summed E-state index contributed by atoms with van der Waals surface area (Å²) in [5.41, 5.74) is 0.982. The third-order valence-corrected chi connectivity index (χ3v) is 3.03. The van der Waals surface area contributed by atoms with Gasteiger partial charge < -0.3 is 10.1 Å². The fraction of sp³-hybridized carbons (Fsp3) is 0.533. The van der Waals surface area contributed by atoms with Crippen molar-refractivity contribution in [3.63, 3.8) is 0 Å². The molecule has 1 unspecified atom stereocenters. The first-order valence-electron chi connectivity index (χ1n) is 6.64. The fourth-order valence-corrected chi connectivity index (χ4v) is 1.86. The first-order chi connectivity index (χ1) is 9.13. The van der Waals surface area contributed by atoms with E-state index in [-0.39, 0.29) is 17.6 Å². The van der Waals surface area contributed by atoms with E-state index in [1.54, 1.807) is 19.2 Å². The van der Waals surface area contributed by atoms with Crippen molar-refractivity contribution in [2.45, 2.75) is 32.1 Å². The molecule has 1 rings (SSSR count). The number of methoxy groups -OCH3 is 1. The second-order valence-electron chi connectivity index (χ2n) is 4.71. The Morgan fingerprint density at radius 2 is 2.00 bits per heavy atom. The van der Waals surface area contributed by atoms with Gasteiger partial charge >= 0.3 is 0 Å². The van der Waals surface area contributed by atoms with Gasteiger partial charge in [-0.15, -0.1) is 0 Å². The van der Waals surface area contributed by atoms with Crippen LogP contribution in [0.1, 0.15) is 37.7 Å². The Balaban J connectivity index is 2.26. The molecule has 3 nitrogen and oxygen atoms in total. The molecule has 0 saturated carbocycles. The molecule has 0 spiro atoms. The summed E-state index contributed by atoms with van der Waals surface area (Å²) in [6.07, 6.45) is 2.30. The van der Waals surface area contributed by atoms with E-state index in [1.807, 2.05) is 6.92 Å². The van der Waals surface area contributed by atoms with Gasteiger partial charge in [0.1, 0.15) is 5.82 Å². The number of carbonyl (C=O) groups excluding carboxylic acids is 1. The number of ether oxygens (including phenoxy) is 1. The SMILES string of the molecule is COCCCCNC(=O)CC(C)c1ccc(F)cc1. The number of rotatable bonds is 8. The van der Waals surface area contributed by atoms with Crippen molar-refractivity contribution in [3.05, 3.63) is 35.6 Å². The van der Waals surface area contributed by atoms with Crippen molar-refractivity contribution in [2.24, 2.45) is 0 Å². The Morgan fingerprint density at radius 1 is 1.32 bits per heavy atom. The smallest absolute Gasteiger partial charge is 0.220 e. The highest BCUT2D eigenvalue weighted by atomic mass is 19.1. The zero-order valence-electron chi connectivity index (χ0n) is 11.6. The van der Waals surface area contributed by atoms with Gasteiger partial charge in [0.2, 0.25) is 5.91 Å². The van der Waals surface area contributed by atoms with Crippen molar-refractivity contribution in [1.82, 2.24) is 5.32 Å². The number of amides is 1. The van der Waals surface area contributed by atoms with Crippen LogP contribution >= 0.6 is 0 Å². The van der Waals surface area contributed by atoms with E-state index in [1.165, 1.54) is 12.1 Å². The highest BCUT2D eigenvalue weighted by Crippen LogP contribution is 2.18. The third kappa shape index (κ3) is 6.34. The first kappa shape index (κ1) is 15.6. The van der Waals surface area contributed by atoms with Gasteiger partial charge in [-0.2, -0.15) is 0 Å². The summed E-state index contributed by atoms with van der Waals surface area (Å²) in [4.78, 5) is 11.7. The molecule has 0 saturated heterocycles. The number of hydrogen-bond acceptors (Lipinski definition) is 2. The molecule has 1 atom stereocenters. The number of hydrogen-bond donors (Lipinski definition) is 1. The van der Waals surface area contributed by atoms with Crippen LogP contribution in [0.5, 0.6) is 0 Å². The van der Waals surface area contributed by atoms with Crippen molar-refractivity contribution < 1.29 is 13.9 Å². The van der Waals surface area contributed by atoms with Gasteiger partial charge in [-0.25, -0.2) is 4.39 Å². The van der Waals surface area contributed by atoms with Crippen LogP contribution in [-0.2, 0) is 9.53 Å². The number of halogens is 1. The third-order valence-electron chi connectivity index (χ3n) is 3.03. The molecule has 1 N–H and O–H groups in total. The summed E-state index contributed by atoms with van der Waals surface area (Å²) in [6.45, 7) is 3.37. The van der Waals surface area contributed by atoms with E-state index in [0.717, 1.165) is 25.0 Å². The van der Waals surface area contributed by atoms with Crippen LogP contribution in [0.3, 0.4) is 0 Å². The first-order valence-corrected chi connectivity index (χ1v) is 6.64. The van der Waals surface area contributed by atoms with Crippen LogP contribution in [0.2, 0.25) is 0 Å². The van der Waals surface area contributed by atoms with Gasteiger partial charge in [-0.1, -0.05) is 19.1 Å². The largest absolute Gasteiger partial charge is 0.385 e. The average molecular weight is 267 g/mol. The Hall–Kier alpha value is -1.42. The molecule has 1 aromatic rings. The quantitative estimate of drug-likeness (QED) is 0.735. The van der Waals surface area contributed by atoms with Crippen molar-refractivity contribution in [2.75, 3.05) is 20.3 Å². The molecule has 0 heterocycles. The highest BCUT2D eigenvalue weighted by molar-refractivity contribution is 5.76. The standard InChI is InChI=1S/C15H22FNO2/c1-12(13-5-7-14(16)8-6-13)11-15(18)17-9-3-4-10-19-2/h5-8,12H,3-4,9-11H2,1-2H3,(H,17,18). The summed E-state index contributed by atoms with van der Waals surface area (Å²) < 4.78 is 17.7. The summed E-state index contributed by atoms with van der Waals surface area (Å²) in [5, 5.41) is 2.89. The second-order valence-corrected chi connectivity index (χ2v) is 4.71. The molecule has 1 aromatic carbocycles. The fourth-order valence-electron chi connectivity index (χ4n) is 1.86. The molecule has 0 fully saturated rings. The molecule has 0 aliphatic rings. The number of nitrogens with one attached hydrogen (secondary N) is 1. The number of carbonyl (C=O) groups is 1. The van der Waals surface area contributed by atoms with E-state index in [2.05, 4.69) is 5.32 Å². The van der Waals surface area contributed by atoms with E-state index in [0.29, 0.717) is 13.0 Å². The predicted octanol–water partition coefficient (Wildman–Crippen LogP) is 2.86. The lowest BCUT2D eigenvalue weighted by Crippen LogP contribution is -2.25. The Morgan fingerprint density at radius 3 is 2.63 bits per heavy atom. The van der Waals surface area contributed by atoms with Gasteiger partial charge in [0.05, 0.1) is 0 Å². The lowest BCUT2D eigenvalue weighted by molar-refractivity contribution is -0.121. The minimum atomic E-state index is -0.251. The van der Waals surface area contributed by atoms with Crippen molar-refractivity contribution in [1.29, 1.82) is 0 Å². The van der Waals surface area contributed by atoms with Crippen LogP contribution in [0, 0.1) is 5.82 Å². The molecule has 0 radical (unpaired) electrons. The highest BCUT2D eigenvalue weighted by Gasteiger charge is 2.10. The van der Waals surface area contributed by atoms with Gasteiger partial charge in [0.25, 0.3) is 0 Å². The Bertz CT molecular complexity index is 378. The van der Waals surface area contributed by atoms with Crippen molar-refractivity contribution in [3.8, 4) is 0 Å². The maximum Gasteiger partial charge on any atom is 0.220 e. The van der Waals surface area contributed by atoms with Gasteiger partial charge in [0.15, 0.2) is 0 Å². The van der Waals surface area contributed by atoms with Crippen LogP contribution in [-0.4, -0.2) is 26.2 Å². The van der Waals surface area contributed by atoms with Gasteiger partial charge in [-0.3, -0.25) is 4.79 Å². The molecule has 106 valence electrons. The minimum Gasteiger partial charge on any atom is -0.385 e. The number of benzene rings is 1.